The first kappa shape index (κ1) is 24.5. The Bertz CT molecular complexity index is 1290. The highest BCUT2D eigenvalue weighted by molar-refractivity contribution is 7.21. The molecule has 3 aromatic heterocycles. The number of nitrogens with two attached hydrogens (primary N) is 1. The molecule has 0 saturated carbocycles. The normalized spacial score (nSPS) is 16.1. The number of pyridine rings is 1. The molecular formula is C24H27F2N3O3S2. The van der Waals surface area contributed by atoms with Crippen LogP contribution in [0.4, 0.5) is 19.5 Å². The lowest BCUT2D eigenvalue weighted by Gasteiger charge is -2.33. The van der Waals surface area contributed by atoms with Gasteiger partial charge in [0.05, 0.1) is 18.4 Å². The molecule has 3 heterocycles. The average molecular weight is 508 g/mol. The van der Waals surface area contributed by atoms with Crippen LogP contribution in [0.3, 0.4) is 0 Å². The fourth-order valence-corrected chi connectivity index (χ4v) is 6.89. The Labute approximate surface area is 204 Å². The number of nitrogens with one attached hydrogen (secondary N) is 1. The Morgan fingerprint density at radius 2 is 2.00 bits per heavy atom. The van der Waals surface area contributed by atoms with Gasteiger partial charge >= 0.3 is 5.97 Å². The largest absolute Gasteiger partial charge is 0.465 e. The van der Waals surface area contributed by atoms with Gasteiger partial charge in [-0.1, -0.05) is 20.8 Å². The van der Waals surface area contributed by atoms with Crippen LogP contribution in [0.15, 0.2) is 6.07 Å². The molecule has 0 unspecified atom stereocenters. The van der Waals surface area contributed by atoms with Gasteiger partial charge in [-0.2, -0.15) is 0 Å². The van der Waals surface area contributed by atoms with Gasteiger partial charge in [0, 0.05) is 10.3 Å². The fourth-order valence-electron chi connectivity index (χ4n) is 4.51. The van der Waals surface area contributed by atoms with E-state index in [1.54, 1.807) is 6.92 Å². The average Bonchev–Trinajstić information content (AvgIpc) is 3.29. The van der Waals surface area contributed by atoms with Gasteiger partial charge in [0.2, 0.25) is 0 Å². The van der Waals surface area contributed by atoms with E-state index in [-0.39, 0.29) is 26.5 Å². The zero-order valence-electron chi connectivity index (χ0n) is 19.7. The standard InChI is InChI=1S/C24H27F2N3O3S2/c1-10-8-13(19(25)26)28-21-15(10)17(27)18(34-21)20(30)29-22-16(23(31)32-5)12-7-6-11(24(2,3)4)9-14(12)33-22/h8,11,19H,6-7,9,27H2,1-5H3,(H,29,30)/t11-/m0/s1. The van der Waals surface area contributed by atoms with Crippen molar-refractivity contribution in [1.82, 2.24) is 4.98 Å². The van der Waals surface area contributed by atoms with Crippen molar-refractivity contribution in [3.63, 3.8) is 0 Å². The second-order valence-corrected chi connectivity index (χ2v) is 11.8. The summed E-state index contributed by atoms with van der Waals surface area (Å²) in [6, 6.07) is 1.28. The van der Waals surface area contributed by atoms with E-state index in [2.05, 4.69) is 31.1 Å². The van der Waals surface area contributed by atoms with Crippen LogP contribution >= 0.6 is 22.7 Å². The number of rotatable bonds is 4. The molecule has 1 atom stereocenters. The number of amides is 1. The number of alkyl halides is 2. The smallest absolute Gasteiger partial charge is 0.341 e. The summed E-state index contributed by atoms with van der Waals surface area (Å²) in [5.74, 6) is -0.538. The molecule has 0 bridgehead atoms. The molecule has 34 heavy (non-hydrogen) atoms. The first-order valence-corrected chi connectivity index (χ1v) is 12.6. The molecule has 0 saturated heterocycles. The Morgan fingerprint density at radius 1 is 1.29 bits per heavy atom. The molecule has 0 fully saturated rings. The Kier molecular flexibility index (Phi) is 6.41. The number of carbonyl (C=O) groups excluding carboxylic acids is 2. The van der Waals surface area contributed by atoms with Gasteiger partial charge in [-0.05, 0) is 54.7 Å². The summed E-state index contributed by atoms with van der Waals surface area (Å²) in [7, 11) is 1.32. The number of carbonyl (C=O) groups is 2. The van der Waals surface area contributed by atoms with Crippen LogP contribution in [0.1, 0.15) is 75.3 Å². The van der Waals surface area contributed by atoms with E-state index in [0.717, 1.165) is 41.0 Å². The maximum absolute atomic E-state index is 13.2. The van der Waals surface area contributed by atoms with E-state index in [4.69, 9.17) is 10.5 Å². The molecule has 6 nitrogen and oxygen atoms in total. The Balaban J connectivity index is 1.72. The molecule has 1 aliphatic rings. The minimum Gasteiger partial charge on any atom is -0.465 e. The van der Waals surface area contributed by atoms with Crippen LogP contribution in [0.2, 0.25) is 0 Å². The minimum absolute atomic E-state index is 0.129. The van der Waals surface area contributed by atoms with Crippen LogP contribution < -0.4 is 11.1 Å². The number of thiophene rings is 2. The zero-order valence-corrected chi connectivity index (χ0v) is 21.3. The number of fused-ring (bicyclic) bond motifs is 2. The topological polar surface area (TPSA) is 94.3 Å². The van der Waals surface area contributed by atoms with Crippen molar-refractivity contribution in [2.24, 2.45) is 11.3 Å². The monoisotopic (exact) mass is 507 g/mol. The van der Waals surface area contributed by atoms with Gasteiger partial charge in [0.1, 0.15) is 20.4 Å². The number of methoxy groups -OCH3 is 1. The Morgan fingerprint density at radius 3 is 2.62 bits per heavy atom. The third kappa shape index (κ3) is 4.29. The first-order chi connectivity index (χ1) is 15.9. The quantitative estimate of drug-likeness (QED) is 0.400. The summed E-state index contributed by atoms with van der Waals surface area (Å²) in [4.78, 5) is 31.4. The van der Waals surface area contributed by atoms with E-state index in [1.165, 1.54) is 24.5 Å². The van der Waals surface area contributed by atoms with E-state index >= 15 is 0 Å². The van der Waals surface area contributed by atoms with Crippen molar-refractivity contribution in [2.45, 2.75) is 53.4 Å². The molecule has 0 aliphatic heterocycles. The highest BCUT2D eigenvalue weighted by Gasteiger charge is 2.34. The summed E-state index contributed by atoms with van der Waals surface area (Å²) >= 11 is 2.35. The number of esters is 1. The third-order valence-corrected chi connectivity index (χ3v) is 8.72. The zero-order chi connectivity index (χ0) is 24.9. The van der Waals surface area contributed by atoms with Crippen molar-refractivity contribution in [1.29, 1.82) is 0 Å². The minimum atomic E-state index is -2.72. The lowest BCUT2D eigenvalue weighted by Crippen LogP contribution is -2.26. The molecule has 3 aromatic rings. The number of hydrogen-bond donors (Lipinski definition) is 2. The van der Waals surface area contributed by atoms with E-state index in [1.807, 2.05) is 0 Å². The van der Waals surface area contributed by atoms with Gasteiger partial charge in [0.15, 0.2) is 0 Å². The summed E-state index contributed by atoms with van der Waals surface area (Å²) in [6.07, 6.45) is -0.210. The molecule has 1 aliphatic carbocycles. The molecule has 3 N–H and O–H groups in total. The van der Waals surface area contributed by atoms with E-state index in [0.29, 0.717) is 27.4 Å². The summed E-state index contributed by atoms with van der Waals surface area (Å²) in [5, 5.41) is 3.76. The third-order valence-electron chi connectivity index (χ3n) is 6.45. The molecule has 10 heteroatoms. The predicted octanol–water partition coefficient (Wildman–Crippen LogP) is 6.38. The van der Waals surface area contributed by atoms with Crippen molar-refractivity contribution < 1.29 is 23.1 Å². The Hall–Kier alpha value is -2.59. The van der Waals surface area contributed by atoms with Crippen LogP contribution in [-0.4, -0.2) is 24.0 Å². The molecule has 0 radical (unpaired) electrons. The lowest BCUT2D eigenvalue weighted by atomic mass is 9.72. The van der Waals surface area contributed by atoms with Gasteiger partial charge in [-0.3, -0.25) is 4.79 Å². The van der Waals surface area contributed by atoms with Gasteiger partial charge in [-0.15, -0.1) is 22.7 Å². The molecule has 0 spiro atoms. The summed E-state index contributed by atoms with van der Waals surface area (Å²) < 4.78 is 31.4. The highest BCUT2D eigenvalue weighted by atomic mass is 32.1. The highest BCUT2D eigenvalue weighted by Crippen LogP contribution is 2.45. The number of hydrogen-bond acceptors (Lipinski definition) is 7. The van der Waals surface area contributed by atoms with Gasteiger partial charge in [0.25, 0.3) is 12.3 Å². The lowest BCUT2D eigenvalue weighted by molar-refractivity contribution is 0.0600. The molecule has 4 rings (SSSR count). The number of anilines is 2. The summed E-state index contributed by atoms with van der Waals surface area (Å²) in [6.45, 7) is 8.29. The molecular weight excluding hydrogens is 480 g/mol. The number of nitrogens with zero attached hydrogens (tertiary/aromatic N) is 1. The van der Waals surface area contributed by atoms with Crippen LogP contribution in [0.25, 0.3) is 10.2 Å². The molecule has 0 aromatic carbocycles. The van der Waals surface area contributed by atoms with E-state index < -0.39 is 18.3 Å². The number of ether oxygens (including phenoxy) is 1. The second-order valence-electron chi connectivity index (χ2n) is 9.65. The number of nitrogen functional groups attached to an aromatic ring is 1. The number of aromatic nitrogens is 1. The number of aryl methyl sites for hydroxylation is 1. The molecule has 182 valence electrons. The van der Waals surface area contributed by atoms with Gasteiger partial charge < -0.3 is 15.8 Å². The maximum Gasteiger partial charge on any atom is 0.341 e. The maximum atomic E-state index is 13.2. The van der Waals surface area contributed by atoms with Crippen molar-refractivity contribution in [2.75, 3.05) is 18.2 Å². The second kappa shape index (κ2) is 8.88. The van der Waals surface area contributed by atoms with Crippen LogP contribution in [-0.2, 0) is 17.6 Å². The van der Waals surface area contributed by atoms with Crippen LogP contribution in [0.5, 0.6) is 0 Å². The van der Waals surface area contributed by atoms with Gasteiger partial charge in [-0.25, -0.2) is 18.6 Å². The molecule has 1 amide bonds. The summed E-state index contributed by atoms with van der Waals surface area (Å²) in [5.41, 5.74) is 8.05. The van der Waals surface area contributed by atoms with Crippen LogP contribution in [0, 0.1) is 18.3 Å². The SMILES string of the molecule is COC(=O)c1c(NC(=O)c2sc3nc(C(F)F)cc(C)c3c2N)sc2c1CC[C@H](C(C)(C)C)C2. The van der Waals surface area contributed by atoms with E-state index in [9.17, 15) is 18.4 Å². The fraction of sp³-hybridized carbons (Fsp3) is 0.458. The predicted molar refractivity (Wildman–Crippen MR) is 132 cm³/mol. The van der Waals surface area contributed by atoms with Crippen molar-refractivity contribution >= 4 is 55.5 Å². The number of halogens is 2. The van der Waals surface area contributed by atoms with Crippen molar-refractivity contribution in [3.8, 4) is 0 Å². The van der Waals surface area contributed by atoms with Crippen molar-refractivity contribution in [3.05, 3.63) is 38.2 Å². The first-order valence-electron chi connectivity index (χ1n) is 10.9.